The molecule has 0 saturated heterocycles. The van der Waals surface area contributed by atoms with Gasteiger partial charge in [-0.2, -0.15) is 5.10 Å². The van der Waals surface area contributed by atoms with E-state index < -0.39 is 0 Å². The minimum absolute atomic E-state index is 0.127. The van der Waals surface area contributed by atoms with Gasteiger partial charge < -0.3 is 10.1 Å². The van der Waals surface area contributed by atoms with Crippen LogP contribution in [0.15, 0.2) is 30.3 Å². The van der Waals surface area contributed by atoms with Crippen LogP contribution in [-0.2, 0) is 19.7 Å². The molecule has 9 heteroatoms. The lowest BCUT2D eigenvalue weighted by molar-refractivity contribution is 0.0952. The molecular formula is C18H23N7O2. The number of nitrogens with one attached hydrogen (secondary N) is 1. The number of nitrogens with zero attached hydrogens (tertiary/aromatic N) is 6. The molecule has 2 heterocycles. The molecule has 9 nitrogen and oxygen atoms in total. The number of rotatable bonds is 8. The number of carbonyl (C=O) groups is 1. The highest BCUT2D eigenvalue weighted by Gasteiger charge is 2.08. The average Bonchev–Trinajstić information content (AvgIpc) is 3.25. The van der Waals surface area contributed by atoms with E-state index in [2.05, 4.69) is 25.9 Å². The Kier molecular flexibility index (Phi) is 5.80. The second-order valence-corrected chi connectivity index (χ2v) is 6.13. The zero-order chi connectivity index (χ0) is 19.2. The fourth-order valence-corrected chi connectivity index (χ4v) is 2.70. The summed E-state index contributed by atoms with van der Waals surface area (Å²) in [7, 11) is 0. The van der Waals surface area contributed by atoms with Crippen LogP contribution < -0.4 is 10.1 Å². The van der Waals surface area contributed by atoms with Crippen molar-refractivity contribution in [2.75, 3.05) is 6.54 Å². The highest BCUT2D eigenvalue weighted by Crippen LogP contribution is 2.13. The van der Waals surface area contributed by atoms with E-state index in [-0.39, 0.29) is 12.5 Å². The number of aryl methyl sites for hydroxylation is 3. The molecule has 1 aromatic carbocycles. The summed E-state index contributed by atoms with van der Waals surface area (Å²) in [6, 6.07) is 9.00. The van der Waals surface area contributed by atoms with Gasteiger partial charge in [0.15, 0.2) is 5.82 Å². The van der Waals surface area contributed by atoms with Crippen LogP contribution in [0.1, 0.15) is 34.5 Å². The standard InChI is InChI=1S/C18H23N7O2/c1-4-24-17(20-22-23-24)12-27-16-7-5-15(6-8-16)18(26)19-9-10-25-14(3)11-13(2)21-25/h5-8,11H,4,9-10,12H2,1-3H3,(H,19,26). The van der Waals surface area contributed by atoms with Gasteiger partial charge in [-0.1, -0.05) is 0 Å². The predicted octanol–water partition coefficient (Wildman–Crippen LogP) is 1.52. The van der Waals surface area contributed by atoms with Crippen LogP contribution in [0.3, 0.4) is 0 Å². The topological polar surface area (TPSA) is 99.8 Å². The quantitative estimate of drug-likeness (QED) is 0.646. The molecule has 0 fully saturated rings. The normalized spacial score (nSPS) is 10.8. The third-order valence-electron chi connectivity index (χ3n) is 4.10. The molecule has 0 aliphatic carbocycles. The van der Waals surface area contributed by atoms with Crippen molar-refractivity contribution >= 4 is 5.91 Å². The van der Waals surface area contributed by atoms with Crippen LogP contribution in [0.2, 0.25) is 0 Å². The second-order valence-electron chi connectivity index (χ2n) is 6.13. The van der Waals surface area contributed by atoms with Gasteiger partial charge in [-0.15, -0.1) is 5.10 Å². The number of carbonyl (C=O) groups excluding carboxylic acids is 1. The highest BCUT2D eigenvalue weighted by molar-refractivity contribution is 5.94. The Bertz CT molecular complexity index is 899. The zero-order valence-electron chi connectivity index (χ0n) is 15.7. The Morgan fingerprint density at radius 2 is 1.96 bits per heavy atom. The van der Waals surface area contributed by atoms with Gasteiger partial charge in [-0.25, -0.2) is 4.68 Å². The zero-order valence-corrected chi connectivity index (χ0v) is 15.7. The van der Waals surface area contributed by atoms with E-state index in [0.717, 1.165) is 11.4 Å². The number of hydrogen-bond donors (Lipinski definition) is 1. The van der Waals surface area contributed by atoms with Crippen LogP contribution in [0.5, 0.6) is 5.75 Å². The first-order chi connectivity index (χ1) is 13.1. The van der Waals surface area contributed by atoms with Crippen molar-refractivity contribution in [2.45, 2.75) is 40.5 Å². The fourth-order valence-electron chi connectivity index (χ4n) is 2.70. The molecule has 27 heavy (non-hydrogen) atoms. The maximum atomic E-state index is 12.3. The minimum atomic E-state index is -0.127. The molecular weight excluding hydrogens is 346 g/mol. The molecule has 3 aromatic rings. The van der Waals surface area contributed by atoms with Crippen molar-refractivity contribution in [2.24, 2.45) is 0 Å². The molecule has 0 atom stereocenters. The molecule has 1 amide bonds. The largest absolute Gasteiger partial charge is 0.486 e. The first-order valence-corrected chi connectivity index (χ1v) is 8.84. The van der Waals surface area contributed by atoms with E-state index in [0.29, 0.717) is 36.8 Å². The van der Waals surface area contributed by atoms with E-state index in [1.54, 1.807) is 28.9 Å². The summed E-state index contributed by atoms with van der Waals surface area (Å²) in [5, 5.41) is 18.7. The average molecular weight is 369 g/mol. The van der Waals surface area contributed by atoms with Crippen LogP contribution in [0.25, 0.3) is 0 Å². The molecule has 0 saturated carbocycles. The van der Waals surface area contributed by atoms with Gasteiger partial charge in [0.2, 0.25) is 0 Å². The van der Waals surface area contributed by atoms with Crippen molar-refractivity contribution < 1.29 is 9.53 Å². The SMILES string of the molecule is CCn1nnnc1COc1ccc(C(=O)NCCn2nc(C)cc2C)cc1. The Morgan fingerprint density at radius 1 is 1.19 bits per heavy atom. The third kappa shape index (κ3) is 4.69. The number of tetrazole rings is 1. The van der Waals surface area contributed by atoms with Crippen LogP contribution in [0.4, 0.5) is 0 Å². The van der Waals surface area contributed by atoms with E-state index in [1.807, 2.05) is 31.5 Å². The lowest BCUT2D eigenvalue weighted by atomic mass is 10.2. The van der Waals surface area contributed by atoms with Gasteiger partial charge >= 0.3 is 0 Å². The number of amides is 1. The summed E-state index contributed by atoms with van der Waals surface area (Å²) >= 11 is 0. The Morgan fingerprint density at radius 3 is 2.63 bits per heavy atom. The molecule has 2 aromatic heterocycles. The Hall–Kier alpha value is -3.23. The second kappa shape index (κ2) is 8.43. The number of benzene rings is 1. The number of ether oxygens (including phenoxy) is 1. The number of aromatic nitrogens is 6. The van der Waals surface area contributed by atoms with Gasteiger partial charge in [0.25, 0.3) is 5.91 Å². The lowest BCUT2D eigenvalue weighted by Gasteiger charge is -2.08. The summed E-state index contributed by atoms with van der Waals surface area (Å²) in [6.45, 7) is 8.02. The molecule has 142 valence electrons. The molecule has 3 rings (SSSR count). The molecule has 0 spiro atoms. The van der Waals surface area contributed by atoms with Gasteiger partial charge in [-0.3, -0.25) is 9.48 Å². The van der Waals surface area contributed by atoms with E-state index >= 15 is 0 Å². The van der Waals surface area contributed by atoms with Crippen LogP contribution in [0, 0.1) is 13.8 Å². The van der Waals surface area contributed by atoms with Gasteiger partial charge in [0.05, 0.1) is 12.2 Å². The van der Waals surface area contributed by atoms with E-state index in [4.69, 9.17) is 4.74 Å². The first-order valence-electron chi connectivity index (χ1n) is 8.84. The monoisotopic (exact) mass is 369 g/mol. The van der Waals surface area contributed by atoms with Gasteiger partial charge in [-0.05, 0) is 61.5 Å². The highest BCUT2D eigenvalue weighted by atomic mass is 16.5. The van der Waals surface area contributed by atoms with Crippen molar-refractivity contribution in [3.63, 3.8) is 0 Å². The summed E-state index contributed by atoms with van der Waals surface area (Å²) in [5.41, 5.74) is 2.63. The summed E-state index contributed by atoms with van der Waals surface area (Å²) < 4.78 is 9.23. The third-order valence-corrected chi connectivity index (χ3v) is 4.10. The van der Waals surface area contributed by atoms with Crippen molar-refractivity contribution in [1.29, 1.82) is 0 Å². The fraction of sp³-hybridized carbons (Fsp3) is 0.389. The first kappa shape index (κ1) is 18.6. The lowest BCUT2D eigenvalue weighted by Crippen LogP contribution is -2.27. The van der Waals surface area contributed by atoms with Gasteiger partial charge in [0.1, 0.15) is 12.4 Å². The number of hydrogen-bond acceptors (Lipinski definition) is 6. The molecule has 0 unspecified atom stereocenters. The summed E-state index contributed by atoms with van der Waals surface area (Å²) in [4.78, 5) is 12.3. The summed E-state index contributed by atoms with van der Waals surface area (Å²) in [5.74, 6) is 1.18. The molecule has 0 bridgehead atoms. The smallest absolute Gasteiger partial charge is 0.251 e. The minimum Gasteiger partial charge on any atom is -0.486 e. The van der Waals surface area contributed by atoms with Crippen LogP contribution in [-0.4, -0.2) is 42.4 Å². The van der Waals surface area contributed by atoms with Crippen LogP contribution >= 0.6 is 0 Å². The van der Waals surface area contributed by atoms with E-state index in [9.17, 15) is 4.79 Å². The predicted molar refractivity (Wildman–Crippen MR) is 98.3 cm³/mol. The van der Waals surface area contributed by atoms with Crippen molar-refractivity contribution in [1.82, 2.24) is 35.3 Å². The molecule has 0 aliphatic rings. The Labute approximate surface area is 157 Å². The van der Waals surface area contributed by atoms with Gasteiger partial charge in [0, 0.05) is 24.3 Å². The van der Waals surface area contributed by atoms with Crippen molar-refractivity contribution in [3.05, 3.63) is 53.1 Å². The van der Waals surface area contributed by atoms with Crippen molar-refractivity contribution in [3.8, 4) is 5.75 Å². The maximum Gasteiger partial charge on any atom is 0.251 e. The summed E-state index contributed by atoms with van der Waals surface area (Å²) in [6.07, 6.45) is 0. The maximum absolute atomic E-state index is 12.3. The molecule has 0 radical (unpaired) electrons. The molecule has 0 aliphatic heterocycles. The Balaban J connectivity index is 1.49. The van der Waals surface area contributed by atoms with E-state index in [1.165, 1.54) is 0 Å². The molecule has 1 N–H and O–H groups in total.